The van der Waals surface area contributed by atoms with E-state index in [9.17, 15) is 9.90 Å². The molecule has 0 bridgehead atoms. The summed E-state index contributed by atoms with van der Waals surface area (Å²) in [5.74, 6) is 0.396. The summed E-state index contributed by atoms with van der Waals surface area (Å²) in [5, 5.41) is 16.2. The zero-order valence-electron chi connectivity index (χ0n) is 14.7. The van der Waals surface area contributed by atoms with Crippen LogP contribution in [0.2, 0.25) is 0 Å². The number of benzene rings is 2. The second-order valence-corrected chi connectivity index (χ2v) is 6.13. The number of aromatic hydroxyl groups is 1. The van der Waals surface area contributed by atoms with Crippen LogP contribution in [0.3, 0.4) is 0 Å². The minimum absolute atomic E-state index is 0.0574. The quantitative estimate of drug-likeness (QED) is 0.922. The predicted molar refractivity (Wildman–Crippen MR) is 96.9 cm³/mol. The van der Waals surface area contributed by atoms with Crippen molar-refractivity contribution in [2.75, 3.05) is 7.11 Å². The van der Waals surface area contributed by atoms with Crippen LogP contribution in [0.1, 0.15) is 42.5 Å². The van der Waals surface area contributed by atoms with Gasteiger partial charge in [-0.15, -0.1) is 0 Å². The molecule has 0 aliphatic carbocycles. The summed E-state index contributed by atoms with van der Waals surface area (Å²) < 4.78 is 5.37. The number of hydrazone groups is 1. The molecule has 1 unspecified atom stereocenters. The first-order valence-electron chi connectivity index (χ1n) is 8.37. The van der Waals surface area contributed by atoms with Crippen molar-refractivity contribution in [1.29, 1.82) is 0 Å². The van der Waals surface area contributed by atoms with Gasteiger partial charge in [-0.2, -0.15) is 5.10 Å². The van der Waals surface area contributed by atoms with E-state index in [4.69, 9.17) is 4.74 Å². The van der Waals surface area contributed by atoms with Crippen LogP contribution in [0.5, 0.6) is 11.5 Å². The number of phenolic OH excluding ortho intramolecular Hbond substituents is 1. The lowest BCUT2D eigenvalue weighted by atomic mass is 9.96. The highest BCUT2D eigenvalue weighted by molar-refractivity contribution is 6.03. The van der Waals surface area contributed by atoms with E-state index in [0.717, 1.165) is 22.4 Å². The maximum Gasteiger partial charge on any atom is 0.242 e. The Bertz CT molecular complexity index is 829. The first-order valence-corrected chi connectivity index (χ1v) is 8.37. The van der Waals surface area contributed by atoms with Gasteiger partial charge in [0.15, 0.2) is 11.5 Å². The van der Waals surface area contributed by atoms with Crippen molar-refractivity contribution in [3.05, 3.63) is 59.2 Å². The molecule has 25 heavy (non-hydrogen) atoms. The van der Waals surface area contributed by atoms with Crippen LogP contribution in [0.4, 0.5) is 0 Å². The average molecular weight is 338 g/mol. The zero-order valence-corrected chi connectivity index (χ0v) is 14.7. The Kier molecular flexibility index (Phi) is 4.74. The second kappa shape index (κ2) is 6.97. The topological polar surface area (TPSA) is 62.1 Å². The summed E-state index contributed by atoms with van der Waals surface area (Å²) in [7, 11) is 1.52. The van der Waals surface area contributed by atoms with Gasteiger partial charge < -0.3 is 9.84 Å². The highest BCUT2D eigenvalue weighted by Gasteiger charge is 2.34. The molecule has 3 rings (SSSR count). The van der Waals surface area contributed by atoms with Crippen molar-refractivity contribution in [2.45, 2.75) is 32.7 Å². The number of nitrogens with zero attached hydrogens (tertiary/aromatic N) is 2. The van der Waals surface area contributed by atoms with Gasteiger partial charge in [0.1, 0.15) is 0 Å². The van der Waals surface area contributed by atoms with Crippen LogP contribution in [-0.2, 0) is 4.79 Å². The fourth-order valence-electron chi connectivity index (χ4n) is 3.17. The van der Waals surface area contributed by atoms with Crippen molar-refractivity contribution < 1.29 is 14.6 Å². The first kappa shape index (κ1) is 17.0. The van der Waals surface area contributed by atoms with Crippen molar-refractivity contribution in [3.8, 4) is 11.5 Å². The molecule has 2 aromatic rings. The van der Waals surface area contributed by atoms with Gasteiger partial charge >= 0.3 is 0 Å². The molecular weight excluding hydrogens is 316 g/mol. The third-order valence-corrected chi connectivity index (χ3v) is 4.41. The number of hydrogen-bond acceptors (Lipinski definition) is 4. The van der Waals surface area contributed by atoms with Gasteiger partial charge in [-0.3, -0.25) is 4.79 Å². The fraction of sp³-hybridized carbons (Fsp3) is 0.300. The summed E-state index contributed by atoms with van der Waals surface area (Å²) in [6, 6.07) is 13.0. The number of para-hydroxylation sites is 1. The molecule has 0 saturated heterocycles. The van der Waals surface area contributed by atoms with Crippen LogP contribution in [0.25, 0.3) is 0 Å². The van der Waals surface area contributed by atoms with E-state index in [1.807, 2.05) is 38.1 Å². The van der Waals surface area contributed by atoms with Gasteiger partial charge in [0.2, 0.25) is 5.91 Å². The third-order valence-electron chi connectivity index (χ3n) is 4.41. The molecule has 130 valence electrons. The number of hydrogen-bond donors (Lipinski definition) is 1. The van der Waals surface area contributed by atoms with Gasteiger partial charge in [0.05, 0.1) is 18.9 Å². The average Bonchev–Trinajstić information content (AvgIpc) is 3.06. The lowest BCUT2D eigenvalue weighted by Gasteiger charge is -2.23. The van der Waals surface area contributed by atoms with Crippen molar-refractivity contribution >= 4 is 11.6 Å². The van der Waals surface area contributed by atoms with E-state index in [-0.39, 0.29) is 17.7 Å². The van der Waals surface area contributed by atoms with E-state index in [0.29, 0.717) is 18.6 Å². The predicted octanol–water partition coefficient (Wildman–Crippen LogP) is 3.80. The van der Waals surface area contributed by atoms with Gasteiger partial charge in [0, 0.05) is 18.4 Å². The summed E-state index contributed by atoms with van der Waals surface area (Å²) in [5.41, 5.74) is 3.78. The molecule has 2 aromatic carbocycles. The SMILES string of the molecule is CCC(=O)N1N=C(c2cccc(C)c2)CC1c1cccc(O)c1OC. The number of aryl methyl sites for hydroxylation is 1. The minimum Gasteiger partial charge on any atom is -0.504 e. The molecule has 5 heteroatoms. The maximum atomic E-state index is 12.4. The van der Waals surface area contributed by atoms with Crippen LogP contribution >= 0.6 is 0 Å². The number of phenols is 1. The maximum absolute atomic E-state index is 12.4. The smallest absolute Gasteiger partial charge is 0.242 e. The molecule has 1 aliphatic rings. The van der Waals surface area contributed by atoms with E-state index in [1.54, 1.807) is 12.1 Å². The molecule has 1 N–H and O–H groups in total. The Balaban J connectivity index is 2.03. The van der Waals surface area contributed by atoms with Crippen molar-refractivity contribution in [1.82, 2.24) is 5.01 Å². The largest absolute Gasteiger partial charge is 0.504 e. The lowest BCUT2D eigenvalue weighted by Crippen LogP contribution is -2.26. The lowest BCUT2D eigenvalue weighted by molar-refractivity contribution is -0.132. The molecule has 1 heterocycles. The molecule has 5 nitrogen and oxygen atoms in total. The monoisotopic (exact) mass is 338 g/mol. The zero-order chi connectivity index (χ0) is 18.0. The highest BCUT2D eigenvalue weighted by Crippen LogP contribution is 2.41. The molecule has 0 radical (unpaired) electrons. The van der Waals surface area contributed by atoms with Gasteiger partial charge in [-0.25, -0.2) is 5.01 Å². The van der Waals surface area contributed by atoms with E-state index < -0.39 is 0 Å². The van der Waals surface area contributed by atoms with E-state index >= 15 is 0 Å². The van der Waals surface area contributed by atoms with Crippen molar-refractivity contribution in [3.63, 3.8) is 0 Å². The van der Waals surface area contributed by atoms with Crippen LogP contribution in [-0.4, -0.2) is 28.8 Å². The van der Waals surface area contributed by atoms with Gasteiger partial charge in [-0.1, -0.05) is 48.9 Å². The molecule has 1 atom stereocenters. The summed E-state index contributed by atoms with van der Waals surface area (Å²) in [6.45, 7) is 3.85. The third kappa shape index (κ3) is 3.22. The Morgan fingerprint density at radius 2 is 2.08 bits per heavy atom. The van der Waals surface area contributed by atoms with Gasteiger partial charge in [0.25, 0.3) is 0 Å². The number of methoxy groups -OCH3 is 1. The number of ether oxygens (including phenoxy) is 1. The van der Waals surface area contributed by atoms with Crippen LogP contribution in [0.15, 0.2) is 47.6 Å². The second-order valence-electron chi connectivity index (χ2n) is 6.13. The first-order chi connectivity index (χ1) is 12.0. The Labute approximate surface area is 147 Å². The number of carbonyl (C=O) groups excluding carboxylic acids is 1. The molecular formula is C20H22N2O3. The molecule has 0 aromatic heterocycles. The highest BCUT2D eigenvalue weighted by atomic mass is 16.5. The fourth-order valence-corrected chi connectivity index (χ4v) is 3.17. The molecule has 0 fully saturated rings. The Hall–Kier alpha value is -2.82. The number of amides is 1. The minimum atomic E-state index is -0.287. The standard InChI is InChI=1S/C20H22N2O3/c1-4-19(24)22-17(15-9-6-10-18(23)20(15)25-3)12-16(21-22)14-8-5-7-13(2)11-14/h5-11,17,23H,4,12H2,1-3H3. The van der Waals surface area contributed by atoms with E-state index in [1.165, 1.54) is 12.1 Å². The summed E-state index contributed by atoms with van der Waals surface area (Å²) >= 11 is 0. The molecule has 1 amide bonds. The summed E-state index contributed by atoms with van der Waals surface area (Å²) in [4.78, 5) is 12.4. The molecule has 0 saturated carbocycles. The number of rotatable bonds is 4. The normalized spacial score (nSPS) is 16.7. The van der Waals surface area contributed by atoms with Crippen LogP contribution < -0.4 is 4.74 Å². The van der Waals surface area contributed by atoms with E-state index in [2.05, 4.69) is 11.2 Å². The molecule has 0 spiro atoms. The molecule has 1 aliphatic heterocycles. The van der Waals surface area contributed by atoms with Gasteiger partial charge in [-0.05, 0) is 18.6 Å². The number of carbonyl (C=O) groups is 1. The summed E-state index contributed by atoms with van der Waals surface area (Å²) in [6.07, 6.45) is 0.942. The Morgan fingerprint density at radius 3 is 2.76 bits per heavy atom. The van der Waals surface area contributed by atoms with Crippen LogP contribution in [0, 0.1) is 6.92 Å². The van der Waals surface area contributed by atoms with Crippen molar-refractivity contribution in [2.24, 2.45) is 5.10 Å². The Morgan fingerprint density at radius 1 is 1.32 bits per heavy atom.